The second-order valence-electron chi connectivity index (χ2n) is 7.31. The minimum absolute atomic E-state index is 0.254. The topological polar surface area (TPSA) is 77.3 Å². The van der Waals surface area contributed by atoms with E-state index in [4.69, 9.17) is 19.4 Å². The number of fused-ring (bicyclic) bond motifs is 2. The van der Waals surface area contributed by atoms with Crippen LogP contribution < -0.4 is 10.2 Å². The van der Waals surface area contributed by atoms with Gasteiger partial charge >= 0.3 is 0 Å². The van der Waals surface area contributed by atoms with E-state index in [2.05, 4.69) is 25.8 Å². The lowest BCUT2D eigenvalue weighted by Gasteiger charge is -2.20. The zero-order valence-electron chi connectivity index (χ0n) is 16.2. The molecule has 2 aliphatic heterocycles. The van der Waals surface area contributed by atoms with E-state index >= 15 is 0 Å². The number of nitrogens with zero attached hydrogens (tertiary/aromatic N) is 5. The van der Waals surface area contributed by atoms with E-state index in [0.29, 0.717) is 25.7 Å². The fraction of sp³-hybridized carbons (Fsp3) is 0.450. The highest BCUT2D eigenvalue weighted by Crippen LogP contribution is 2.31. The summed E-state index contributed by atoms with van der Waals surface area (Å²) in [6, 6.07) is 8.14. The first-order valence-electron chi connectivity index (χ1n) is 9.62. The quantitative estimate of drug-likeness (QED) is 0.727. The van der Waals surface area contributed by atoms with Gasteiger partial charge in [0.05, 0.1) is 42.6 Å². The van der Waals surface area contributed by atoms with Crippen LogP contribution >= 0.6 is 0 Å². The van der Waals surface area contributed by atoms with Gasteiger partial charge in [0.2, 0.25) is 5.95 Å². The van der Waals surface area contributed by atoms with Crippen LogP contribution in [0.15, 0.2) is 24.3 Å². The third-order valence-electron chi connectivity index (χ3n) is 5.62. The molecule has 1 fully saturated rings. The lowest BCUT2D eigenvalue weighted by molar-refractivity contribution is 0.121. The Labute approximate surface area is 163 Å². The molecule has 0 radical (unpaired) electrons. The maximum atomic E-state index is 5.64. The Morgan fingerprint density at radius 1 is 1.21 bits per heavy atom. The summed E-state index contributed by atoms with van der Waals surface area (Å²) in [5, 5.41) is 3.36. The monoisotopic (exact) mass is 380 g/mol. The molecule has 1 atom stereocenters. The van der Waals surface area contributed by atoms with Gasteiger partial charge in [-0.1, -0.05) is 12.1 Å². The number of methoxy groups -OCH3 is 1. The molecule has 2 aliphatic rings. The van der Waals surface area contributed by atoms with Crippen LogP contribution in [-0.4, -0.2) is 45.8 Å². The van der Waals surface area contributed by atoms with Gasteiger partial charge in [0.1, 0.15) is 11.6 Å². The Morgan fingerprint density at radius 3 is 2.93 bits per heavy atom. The summed E-state index contributed by atoms with van der Waals surface area (Å²) in [6.45, 7) is 3.46. The number of aromatic nitrogens is 4. The number of para-hydroxylation sites is 2. The van der Waals surface area contributed by atoms with Gasteiger partial charge in [-0.2, -0.15) is 4.98 Å². The third kappa shape index (κ3) is 2.98. The van der Waals surface area contributed by atoms with Crippen molar-refractivity contribution >= 4 is 22.8 Å². The molecular weight excluding hydrogens is 356 g/mol. The first-order valence-corrected chi connectivity index (χ1v) is 9.62. The summed E-state index contributed by atoms with van der Waals surface area (Å²) >= 11 is 0. The number of ether oxygens (including phenoxy) is 2. The SMILES string of the molecule is COC1CCN(c2nc(NCc3nc4ccccc4n3C)nc3c2COC3)C1. The zero-order chi connectivity index (χ0) is 19.1. The van der Waals surface area contributed by atoms with Crippen molar-refractivity contribution in [2.24, 2.45) is 7.05 Å². The Morgan fingerprint density at radius 2 is 2.11 bits per heavy atom. The van der Waals surface area contributed by atoms with Crippen molar-refractivity contribution in [3.8, 4) is 0 Å². The molecule has 0 aliphatic carbocycles. The minimum Gasteiger partial charge on any atom is -0.380 e. The molecule has 0 amide bonds. The number of benzene rings is 1. The fourth-order valence-electron chi connectivity index (χ4n) is 4.00. The van der Waals surface area contributed by atoms with E-state index in [1.807, 2.05) is 25.2 Å². The van der Waals surface area contributed by atoms with Crippen LogP contribution in [0.25, 0.3) is 11.0 Å². The first kappa shape index (κ1) is 17.4. The molecule has 1 unspecified atom stereocenters. The average molecular weight is 380 g/mol. The number of imidazole rings is 1. The lowest BCUT2D eigenvalue weighted by atomic mass is 10.2. The third-order valence-corrected chi connectivity index (χ3v) is 5.62. The van der Waals surface area contributed by atoms with Crippen molar-refractivity contribution in [3.63, 3.8) is 0 Å². The second kappa shape index (κ2) is 7.03. The summed E-state index contributed by atoms with van der Waals surface area (Å²) in [5.74, 6) is 2.53. The fourth-order valence-corrected chi connectivity index (χ4v) is 4.00. The molecule has 4 heterocycles. The summed E-state index contributed by atoms with van der Waals surface area (Å²) in [5.41, 5.74) is 4.18. The van der Waals surface area contributed by atoms with Crippen LogP contribution in [0.4, 0.5) is 11.8 Å². The van der Waals surface area contributed by atoms with Gasteiger partial charge in [0.15, 0.2) is 0 Å². The summed E-state index contributed by atoms with van der Waals surface area (Å²) in [7, 11) is 3.80. The Kier molecular flexibility index (Phi) is 4.37. The van der Waals surface area contributed by atoms with Crippen molar-refractivity contribution in [3.05, 3.63) is 41.3 Å². The van der Waals surface area contributed by atoms with Gasteiger partial charge in [0.25, 0.3) is 0 Å². The molecule has 146 valence electrons. The molecule has 8 heteroatoms. The number of rotatable bonds is 5. The number of hydrogen-bond donors (Lipinski definition) is 1. The number of hydrogen-bond acceptors (Lipinski definition) is 7. The van der Waals surface area contributed by atoms with E-state index in [9.17, 15) is 0 Å². The molecule has 3 aromatic rings. The van der Waals surface area contributed by atoms with E-state index in [-0.39, 0.29) is 6.10 Å². The normalized spacial score (nSPS) is 18.8. The predicted molar refractivity (Wildman–Crippen MR) is 106 cm³/mol. The molecule has 5 rings (SSSR count). The van der Waals surface area contributed by atoms with Gasteiger partial charge in [0, 0.05) is 32.8 Å². The number of anilines is 2. The van der Waals surface area contributed by atoms with Gasteiger partial charge in [-0.25, -0.2) is 9.97 Å². The Bertz CT molecular complexity index is 1020. The van der Waals surface area contributed by atoms with Crippen molar-refractivity contribution in [2.75, 3.05) is 30.4 Å². The smallest absolute Gasteiger partial charge is 0.225 e. The van der Waals surface area contributed by atoms with Gasteiger partial charge in [-0.05, 0) is 18.6 Å². The second-order valence-corrected chi connectivity index (χ2v) is 7.31. The molecule has 2 aromatic heterocycles. The average Bonchev–Trinajstić information content (AvgIpc) is 3.45. The van der Waals surface area contributed by atoms with E-state index in [1.165, 1.54) is 0 Å². The van der Waals surface area contributed by atoms with Crippen LogP contribution in [0.3, 0.4) is 0 Å². The molecule has 1 aromatic carbocycles. The standard InChI is InChI=1S/C20H24N6O2/c1-25-17-6-4-3-5-15(17)22-18(25)9-21-20-23-16-12-28-11-14(16)19(24-20)26-8-7-13(10-26)27-2/h3-6,13H,7-12H2,1-2H3,(H,21,23,24). The lowest BCUT2D eigenvalue weighted by Crippen LogP contribution is -2.25. The summed E-state index contributed by atoms with van der Waals surface area (Å²) < 4.78 is 13.3. The number of aryl methyl sites for hydroxylation is 1. The molecule has 28 heavy (non-hydrogen) atoms. The first-order chi connectivity index (χ1) is 13.7. The molecule has 0 spiro atoms. The van der Waals surface area contributed by atoms with Crippen LogP contribution in [0, 0.1) is 0 Å². The van der Waals surface area contributed by atoms with Gasteiger partial charge in [-0.3, -0.25) is 0 Å². The van der Waals surface area contributed by atoms with E-state index in [1.54, 1.807) is 7.11 Å². The highest BCUT2D eigenvalue weighted by molar-refractivity contribution is 5.75. The molecular formula is C20H24N6O2. The maximum Gasteiger partial charge on any atom is 0.225 e. The van der Waals surface area contributed by atoms with Crippen LogP contribution in [0.2, 0.25) is 0 Å². The highest BCUT2D eigenvalue weighted by atomic mass is 16.5. The van der Waals surface area contributed by atoms with Crippen molar-refractivity contribution in [1.82, 2.24) is 19.5 Å². The van der Waals surface area contributed by atoms with Gasteiger partial charge in [-0.15, -0.1) is 0 Å². The minimum atomic E-state index is 0.254. The molecule has 8 nitrogen and oxygen atoms in total. The van der Waals surface area contributed by atoms with Crippen LogP contribution in [0.5, 0.6) is 0 Å². The molecule has 1 N–H and O–H groups in total. The van der Waals surface area contributed by atoms with Crippen molar-refractivity contribution in [1.29, 1.82) is 0 Å². The predicted octanol–water partition coefficient (Wildman–Crippen LogP) is 2.23. The summed E-state index contributed by atoms with van der Waals surface area (Å²) in [4.78, 5) is 16.5. The van der Waals surface area contributed by atoms with Crippen LogP contribution in [0.1, 0.15) is 23.5 Å². The molecule has 1 saturated heterocycles. The Hall–Kier alpha value is -2.71. The highest BCUT2D eigenvalue weighted by Gasteiger charge is 2.29. The Balaban J connectivity index is 1.41. The van der Waals surface area contributed by atoms with E-state index in [0.717, 1.165) is 53.4 Å². The zero-order valence-corrected chi connectivity index (χ0v) is 16.2. The maximum absolute atomic E-state index is 5.64. The van der Waals surface area contributed by atoms with Crippen molar-refractivity contribution in [2.45, 2.75) is 32.3 Å². The van der Waals surface area contributed by atoms with E-state index < -0.39 is 0 Å². The van der Waals surface area contributed by atoms with Crippen molar-refractivity contribution < 1.29 is 9.47 Å². The molecule has 0 saturated carbocycles. The summed E-state index contributed by atoms with van der Waals surface area (Å²) in [6.07, 6.45) is 1.27. The van der Waals surface area contributed by atoms with Crippen LogP contribution in [-0.2, 0) is 36.3 Å². The number of nitrogens with one attached hydrogen (secondary N) is 1. The molecule has 0 bridgehead atoms. The largest absolute Gasteiger partial charge is 0.380 e. The van der Waals surface area contributed by atoms with Gasteiger partial charge < -0.3 is 24.3 Å².